The van der Waals surface area contributed by atoms with Crippen LogP contribution in [0.4, 0.5) is 74.6 Å². The quantitative estimate of drug-likeness (QED) is 0.0171. The van der Waals surface area contributed by atoms with Crippen molar-refractivity contribution in [2.24, 2.45) is 0 Å². The highest BCUT2D eigenvalue weighted by molar-refractivity contribution is 6.79. The van der Waals surface area contributed by atoms with Crippen LogP contribution in [-0.4, -0.2) is 37.5 Å². The fourth-order valence-corrected chi connectivity index (χ4v) is 16.8. The van der Waals surface area contributed by atoms with Gasteiger partial charge in [-0.25, -0.2) is 35.1 Å². The average Bonchev–Trinajstić information content (AvgIpc) is 3.39. The second-order valence-electron chi connectivity index (χ2n) is 22.1. The summed E-state index contributed by atoms with van der Waals surface area (Å²) in [5, 5.41) is 6.88. The molecule has 0 aliphatic heterocycles. The molecule has 1 nitrogen and oxygen atoms in total. The van der Waals surface area contributed by atoms with Crippen molar-refractivity contribution < 1.29 is 80.0 Å². The Morgan fingerprint density at radius 1 is 0.329 bits per heavy atom. The molecule has 0 heterocycles. The molecule has 2 aromatic carbocycles. The van der Waals surface area contributed by atoms with Gasteiger partial charge in [-0.3, -0.25) is 5.32 Å². The van der Waals surface area contributed by atoms with Crippen molar-refractivity contribution in [3.05, 3.63) is 57.7 Å². The van der Waals surface area contributed by atoms with Crippen LogP contribution in [0.3, 0.4) is 0 Å². The average molecular weight is 1180 g/mol. The lowest BCUT2D eigenvalue weighted by Gasteiger charge is -2.37. The molecule has 79 heavy (non-hydrogen) atoms. The van der Waals surface area contributed by atoms with E-state index in [4.69, 9.17) is 0 Å². The number of benzene rings is 2. The Morgan fingerprint density at radius 3 is 0.962 bits per heavy atom. The van der Waals surface area contributed by atoms with Gasteiger partial charge >= 0.3 is 24.1 Å². The number of hydrogen-bond donors (Lipinski definition) is 1. The second kappa shape index (κ2) is 40.9. The van der Waals surface area contributed by atoms with E-state index in [1.807, 2.05) is 6.92 Å². The molecule has 0 saturated heterocycles. The number of hydrogen-bond acceptors (Lipinski definition) is 0. The maximum atomic E-state index is 13.8. The van der Waals surface area contributed by atoms with Gasteiger partial charge in [-0.15, -0.1) is 8.78 Å². The molecular weight excluding hydrogens is 1080 g/mol. The van der Waals surface area contributed by atoms with Crippen LogP contribution in [0, 0.1) is 53.5 Å². The molecule has 0 saturated carbocycles. The fourth-order valence-electron chi connectivity index (χ4n) is 10.5. The summed E-state index contributed by atoms with van der Waals surface area (Å²) < 4.78 is 228. The van der Waals surface area contributed by atoms with Gasteiger partial charge in [0, 0.05) is 12.0 Å². The monoisotopic (exact) mass is 1180 g/mol. The largest absolute Gasteiger partial charge is 0.458 e. The Bertz CT molecular complexity index is 1830. The summed E-state index contributed by atoms with van der Waals surface area (Å²) in [4.78, 5) is 0. The number of unbranched alkanes of at least 4 members (excludes halogenated alkanes) is 25. The SMILES string of the molecule is CCCCCCCCC[NH2+]C(F)(F)C(F)(F)C(F)(F)CCCCCC.CCCCCC[CH2][Al-]([CH2]CCCCCC)([CH2]CCCCCC)[CH2]CCCCCC.Cc1c(F)c(F)c(F)c(C(F)(F)F)c1-c1c(F)c(F)c(F)c(F)c1F. The number of rotatable bonds is 41. The minimum Gasteiger partial charge on any atom is -0.280 e. The molecular formula is C60H97AlF17N. The molecule has 19 heteroatoms. The van der Waals surface area contributed by atoms with Crippen molar-refractivity contribution in [1.82, 2.24) is 0 Å². The van der Waals surface area contributed by atoms with Gasteiger partial charge in [0.05, 0.1) is 12.1 Å². The Morgan fingerprint density at radius 2 is 0.620 bits per heavy atom. The molecule has 0 bridgehead atoms. The van der Waals surface area contributed by atoms with Gasteiger partial charge in [0.15, 0.2) is 40.7 Å². The standard InChI is InChI=1S/C18H33F6N.C14H3F11.4C7H15.Al/c1-3-5-7-9-10-11-13-15-25-18(23,24)17(21,22)16(19,20)14-12-8-6-4-2;1-2-3(4-7(16)11(20)13(22)12(21)8(4)17)5(14(23,24)25)9(18)10(19)6(2)15;4*1-3-5-7-6-4-2;/h25H,3-15H2,1-2H3;1H3;4*1,3-7H2,2H3;/q;;;;;;-1/p+1. The van der Waals surface area contributed by atoms with Crippen molar-refractivity contribution in [1.29, 1.82) is 0 Å². The lowest BCUT2D eigenvalue weighted by molar-refractivity contribution is -0.808. The Kier molecular flexibility index (Phi) is 39.7. The lowest BCUT2D eigenvalue weighted by Crippen LogP contribution is -2.99. The third kappa shape index (κ3) is 26.9. The fraction of sp³-hybridized carbons (Fsp3) is 0.800. The highest BCUT2D eigenvalue weighted by atomic mass is 27.2. The summed E-state index contributed by atoms with van der Waals surface area (Å²) in [6.45, 7) is 13.4. The maximum Gasteiger partial charge on any atom is 0.458 e. The van der Waals surface area contributed by atoms with Crippen LogP contribution in [0.25, 0.3) is 11.1 Å². The van der Waals surface area contributed by atoms with Crippen molar-refractivity contribution in [2.75, 3.05) is 6.54 Å². The Balaban J connectivity index is 0.00000116. The molecule has 464 valence electrons. The zero-order valence-corrected chi connectivity index (χ0v) is 49.9. The molecule has 0 amide bonds. The van der Waals surface area contributed by atoms with E-state index >= 15 is 0 Å². The minimum absolute atomic E-state index is 0.0823. The van der Waals surface area contributed by atoms with Gasteiger partial charge in [-0.2, -0.15) is 51.9 Å². The summed E-state index contributed by atoms with van der Waals surface area (Å²) in [5.74, 6) is -31.3. The first kappa shape index (κ1) is 76.7. The summed E-state index contributed by atoms with van der Waals surface area (Å²) in [6.07, 6.45) is 30.3. The van der Waals surface area contributed by atoms with Crippen LogP contribution in [0.5, 0.6) is 0 Å². The van der Waals surface area contributed by atoms with Crippen LogP contribution in [0.1, 0.15) is 258 Å². The third-order valence-electron chi connectivity index (χ3n) is 15.4. The molecule has 2 rings (SSSR count). The lowest BCUT2D eigenvalue weighted by atomic mass is 9.92. The number of halogens is 17. The predicted molar refractivity (Wildman–Crippen MR) is 290 cm³/mol. The molecule has 0 aliphatic rings. The van der Waals surface area contributed by atoms with Gasteiger partial charge in [0.2, 0.25) is 5.82 Å². The zero-order valence-electron chi connectivity index (χ0n) is 48.7. The first-order chi connectivity index (χ1) is 37.2. The number of quaternary nitrogens is 1. The van der Waals surface area contributed by atoms with E-state index in [1.165, 1.54) is 103 Å². The summed E-state index contributed by atoms with van der Waals surface area (Å²) in [7, 11) is 0. The van der Waals surface area contributed by atoms with E-state index in [-0.39, 0.29) is 18.3 Å². The van der Waals surface area contributed by atoms with Gasteiger partial charge in [0.25, 0.3) is 0 Å². The molecule has 2 N–H and O–H groups in total. The normalized spacial score (nSPS) is 12.5. The van der Waals surface area contributed by atoms with Crippen molar-refractivity contribution in [2.45, 2.75) is 299 Å². The van der Waals surface area contributed by atoms with E-state index in [0.717, 1.165) is 38.5 Å². The molecule has 0 radical (unpaired) electrons. The highest BCUT2D eigenvalue weighted by Crippen LogP contribution is 2.47. The number of nitrogens with two attached hydrogens (primary N) is 1. The summed E-state index contributed by atoms with van der Waals surface area (Å²) in [5.41, 5.74) is -8.45. The van der Waals surface area contributed by atoms with E-state index in [2.05, 4.69) is 34.6 Å². The smallest absolute Gasteiger partial charge is 0.280 e. The highest BCUT2D eigenvalue weighted by Gasteiger charge is 2.74. The molecule has 0 aromatic heterocycles. The van der Waals surface area contributed by atoms with Crippen molar-refractivity contribution >= 4 is 13.1 Å². The maximum absolute atomic E-state index is 13.8. The molecule has 0 unspecified atom stereocenters. The third-order valence-corrected chi connectivity index (χ3v) is 21.9. The zero-order chi connectivity index (χ0) is 60.3. The van der Waals surface area contributed by atoms with Gasteiger partial charge in [0.1, 0.15) is 18.6 Å². The summed E-state index contributed by atoms with van der Waals surface area (Å²) in [6, 6.07) is -4.79. The van der Waals surface area contributed by atoms with Crippen LogP contribution in [-0.2, 0) is 6.18 Å². The first-order valence-corrected chi connectivity index (χ1v) is 33.4. The van der Waals surface area contributed by atoms with Gasteiger partial charge in [-0.05, 0) is 31.7 Å². The van der Waals surface area contributed by atoms with Crippen LogP contribution >= 0.6 is 0 Å². The van der Waals surface area contributed by atoms with Crippen LogP contribution in [0.15, 0.2) is 0 Å². The van der Waals surface area contributed by atoms with Crippen molar-refractivity contribution in [3.8, 4) is 11.1 Å². The van der Waals surface area contributed by atoms with E-state index in [1.54, 1.807) is 46.8 Å². The van der Waals surface area contributed by atoms with Gasteiger partial charge in [-0.1, -0.05) is 221 Å². The van der Waals surface area contributed by atoms with Crippen molar-refractivity contribution in [3.63, 3.8) is 0 Å². The molecule has 0 atom stereocenters. The summed E-state index contributed by atoms with van der Waals surface area (Å²) >= 11 is -1.38. The van der Waals surface area contributed by atoms with Gasteiger partial charge < -0.3 is 0 Å². The van der Waals surface area contributed by atoms with Crippen LogP contribution < -0.4 is 5.32 Å². The topological polar surface area (TPSA) is 16.6 Å². The Labute approximate surface area is 465 Å². The van der Waals surface area contributed by atoms with E-state index in [9.17, 15) is 74.6 Å². The predicted octanol–water partition coefficient (Wildman–Crippen LogP) is 23.2. The van der Waals surface area contributed by atoms with Crippen LogP contribution in [0.2, 0.25) is 21.1 Å². The number of alkyl halides is 9. The molecule has 0 aliphatic carbocycles. The minimum atomic E-state index is -5.83. The first-order valence-electron chi connectivity index (χ1n) is 30.1. The molecule has 0 fully saturated rings. The molecule has 0 spiro atoms. The molecule has 2 aromatic rings. The van der Waals surface area contributed by atoms with E-state index in [0.29, 0.717) is 32.6 Å². The second-order valence-corrected chi connectivity index (χ2v) is 27.9. The Hall–Kier alpha value is -2.26. The van der Waals surface area contributed by atoms with E-state index < -0.39 is 112 Å².